The topological polar surface area (TPSA) is 140 Å². The second-order valence-electron chi connectivity index (χ2n) is 14.1. The first-order chi connectivity index (χ1) is 27.6. The number of aryl methyl sites for hydroxylation is 1. The van der Waals surface area contributed by atoms with Gasteiger partial charge in [-0.05, 0) is 62.5 Å². The van der Waals surface area contributed by atoms with Crippen molar-refractivity contribution in [1.29, 1.82) is 0 Å². The van der Waals surface area contributed by atoms with Crippen molar-refractivity contribution in [1.82, 2.24) is 9.80 Å². The average molecular weight is 775 g/mol. The third-order valence-electron chi connectivity index (χ3n) is 10.2. The molecule has 4 aliphatic rings. The van der Waals surface area contributed by atoms with E-state index in [4.69, 9.17) is 23.7 Å². The molecule has 3 amide bonds. The number of anilines is 1. The van der Waals surface area contributed by atoms with Crippen LogP contribution in [0.1, 0.15) is 65.0 Å². The van der Waals surface area contributed by atoms with E-state index in [-0.39, 0.29) is 54.5 Å². The molecule has 0 unspecified atom stereocenters. The summed E-state index contributed by atoms with van der Waals surface area (Å²) in [6.07, 6.45) is 12.2. The van der Waals surface area contributed by atoms with Gasteiger partial charge in [0.15, 0.2) is 29.2 Å². The zero-order valence-electron chi connectivity index (χ0n) is 32.6. The maximum Gasteiger partial charge on any atom is 0.416 e. The lowest BCUT2D eigenvalue weighted by Crippen LogP contribution is -2.50. The summed E-state index contributed by atoms with van der Waals surface area (Å²) < 4.78 is 29.3. The summed E-state index contributed by atoms with van der Waals surface area (Å²) in [7, 11) is 2.98. The molecule has 1 N–H and O–H groups in total. The first-order valence-corrected chi connectivity index (χ1v) is 18.9. The first-order valence-electron chi connectivity index (χ1n) is 18.9. The molecular weight excluding hydrogens is 729 g/mol. The molecule has 13 heteroatoms. The molecule has 0 aliphatic carbocycles. The third kappa shape index (κ3) is 7.88. The lowest BCUT2D eigenvalue weighted by atomic mass is 10.1. The molecule has 296 valence electrons. The Hall–Kier alpha value is -6.34. The highest BCUT2D eigenvalue weighted by molar-refractivity contribution is 6.07. The third-order valence-corrected chi connectivity index (χ3v) is 10.2. The van der Waals surface area contributed by atoms with Crippen LogP contribution in [0.4, 0.5) is 16.2 Å². The maximum absolute atomic E-state index is 14.1. The van der Waals surface area contributed by atoms with Gasteiger partial charge in [-0.25, -0.2) is 9.69 Å². The fraction of sp³-hybridized carbons (Fsp3) is 0.318. The number of aliphatic hydroxyl groups is 1. The van der Waals surface area contributed by atoms with Crippen LogP contribution in [0.2, 0.25) is 0 Å². The van der Waals surface area contributed by atoms with Gasteiger partial charge in [-0.2, -0.15) is 0 Å². The van der Waals surface area contributed by atoms with Crippen molar-refractivity contribution in [3.05, 3.63) is 119 Å². The fourth-order valence-electron chi connectivity index (χ4n) is 7.36. The number of nitrogens with zero attached hydrogens (tertiary/aromatic N) is 4. The highest BCUT2D eigenvalue weighted by Gasteiger charge is 2.45. The van der Waals surface area contributed by atoms with Crippen molar-refractivity contribution < 1.29 is 43.2 Å². The van der Waals surface area contributed by atoms with E-state index in [0.29, 0.717) is 42.0 Å². The molecule has 0 spiro atoms. The largest absolute Gasteiger partial charge is 0.493 e. The van der Waals surface area contributed by atoms with E-state index in [1.54, 1.807) is 29.4 Å². The van der Waals surface area contributed by atoms with E-state index in [1.165, 1.54) is 31.3 Å². The van der Waals surface area contributed by atoms with Gasteiger partial charge in [0.25, 0.3) is 11.8 Å². The molecule has 7 rings (SSSR count). The minimum absolute atomic E-state index is 0.0345. The molecule has 57 heavy (non-hydrogen) atoms. The lowest BCUT2D eigenvalue weighted by molar-refractivity contribution is 0.0545. The average Bonchev–Trinajstić information content (AvgIpc) is 3.79. The van der Waals surface area contributed by atoms with Crippen LogP contribution in [0.5, 0.6) is 23.0 Å². The molecule has 13 nitrogen and oxygen atoms in total. The van der Waals surface area contributed by atoms with E-state index in [2.05, 4.69) is 4.99 Å². The second kappa shape index (κ2) is 16.8. The Kier molecular flexibility index (Phi) is 11.5. The predicted molar refractivity (Wildman–Crippen MR) is 215 cm³/mol. The van der Waals surface area contributed by atoms with Gasteiger partial charge in [-0.15, -0.1) is 0 Å². The van der Waals surface area contributed by atoms with Crippen molar-refractivity contribution in [3.8, 4) is 23.0 Å². The van der Waals surface area contributed by atoms with Gasteiger partial charge in [0.2, 0.25) is 0 Å². The zero-order valence-corrected chi connectivity index (χ0v) is 32.6. The Balaban J connectivity index is 1.08. The summed E-state index contributed by atoms with van der Waals surface area (Å²) in [4.78, 5) is 50.4. The summed E-state index contributed by atoms with van der Waals surface area (Å²) in [6, 6.07) is 13.0. The first kappa shape index (κ1) is 38.9. The van der Waals surface area contributed by atoms with E-state index < -0.39 is 24.3 Å². The Morgan fingerprint density at radius 3 is 2.11 bits per heavy atom. The summed E-state index contributed by atoms with van der Waals surface area (Å²) >= 11 is 0. The summed E-state index contributed by atoms with van der Waals surface area (Å²) in [5.41, 5.74) is 4.91. The summed E-state index contributed by atoms with van der Waals surface area (Å²) in [5.74, 6) is 0.771. The molecule has 3 aromatic carbocycles. The van der Waals surface area contributed by atoms with Gasteiger partial charge >= 0.3 is 6.09 Å². The second-order valence-corrected chi connectivity index (χ2v) is 14.1. The Morgan fingerprint density at radius 1 is 0.825 bits per heavy atom. The molecular formula is C44H46N4O9. The zero-order chi connectivity index (χ0) is 40.2. The van der Waals surface area contributed by atoms with Crippen LogP contribution >= 0.6 is 0 Å². The maximum atomic E-state index is 14.1. The van der Waals surface area contributed by atoms with Crippen LogP contribution in [0.15, 0.2) is 101 Å². The van der Waals surface area contributed by atoms with Crippen LogP contribution in [-0.4, -0.2) is 84.8 Å². The number of hydrogen-bond donors (Lipinski definition) is 1. The number of ether oxygens (including phenoxy) is 5. The Morgan fingerprint density at radius 2 is 1.44 bits per heavy atom. The number of amides is 3. The fourth-order valence-corrected chi connectivity index (χ4v) is 7.36. The molecule has 0 fully saturated rings. The molecule has 0 bridgehead atoms. The van der Waals surface area contributed by atoms with Crippen LogP contribution in [0, 0.1) is 6.92 Å². The van der Waals surface area contributed by atoms with Gasteiger partial charge in [0.1, 0.15) is 6.61 Å². The van der Waals surface area contributed by atoms with Crippen LogP contribution < -0.4 is 23.8 Å². The monoisotopic (exact) mass is 774 g/mol. The molecule has 0 radical (unpaired) electrons. The number of carbonyl (C=O) groups is 3. The van der Waals surface area contributed by atoms with Gasteiger partial charge in [-0.3, -0.25) is 14.6 Å². The number of carbonyl (C=O) groups excluding carboxylic acids is 3. The van der Waals surface area contributed by atoms with Crippen molar-refractivity contribution in [2.75, 3.05) is 32.3 Å². The number of methoxy groups -OCH3 is 2. The van der Waals surface area contributed by atoms with Crippen molar-refractivity contribution >= 4 is 35.5 Å². The molecule has 3 aromatic rings. The quantitative estimate of drug-likeness (QED) is 0.187. The molecule has 0 aromatic heterocycles. The molecule has 4 aliphatic heterocycles. The Labute approximate surface area is 331 Å². The number of allylic oxidation sites excluding steroid dienone is 4. The standard InChI is InChI=1S/C44H46N4O9/c1-6-9-29-17-31-23-45-34-21-39(37(53-4)19-32(34)41(49)46(31)24-29)55-15-8-16-56-40-22-35-33(20-38(40)54-5)42(50)47-25-30(10-7-2)18-36(47)43(51)48(35)44(52)57-26-28-13-11-27(3)12-14-28/h6-7,9-14,19-25,31,36,43,51H,8,15-18,26H2,1-5H3/b9-6+,10-7+/t31-,36-,43-/m0/s1. The molecule has 3 atom stereocenters. The Bertz CT molecular complexity index is 2210. The lowest BCUT2D eigenvalue weighted by Gasteiger charge is -2.31. The van der Waals surface area contributed by atoms with Gasteiger partial charge in [0, 0.05) is 37.2 Å². The normalized spacial score (nSPS) is 19.8. The smallest absolute Gasteiger partial charge is 0.416 e. The number of aliphatic hydroxyl groups excluding tert-OH is 1. The number of fused-ring (bicyclic) bond motifs is 4. The minimum Gasteiger partial charge on any atom is -0.493 e. The van der Waals surface area contributed by atoms with Crippen molar-refractivity contribution in [3.63, 3.8) is 0 Å². The van der Waals surface area contributed by atoms with Crippen LogP contribution in [0.3, 0.4) is 0 Å². The molecule has 4 heterocycles. The highest BCUT2D eigenvalue weighted by Crippen LogP contribution is 2.43. The van der Waals surface area contributed by atoms with E-state index in [0.717, 1.165) is 27.2 Å². The van der Waals surface area contributed by atoms with E-state index in [9.17, 15) is 19.5 Å². The number of rotatable bonds is 12. The van der Waals surface area contributed by atoms with Crippen LogP contribution in [-0.2, 0) is 11.3 Å². The highest BCUT2D eigenvalue weighted by atomic mass is 16.6. The summed E-state index contributed by atoms with van der Waals surface area (Å²) in [6.45, 7) is 6.13. The van der Waals surface area contributed by atoms with Crippen molar-refractivity contribution in [2.24, 2.45) is 4.99 Å². The van der Waals surface area contributed by atoms with Gasteiger partial charge in [-0.1, -0.05) is 54.1 Å². The van der Waals surface area contributed by atoms with E-state index in [1.807, 2.05) is 75.5 Å². The van der Waals surface area contributed by atoms with E-state index >= 15 is 0 Å². The number of benzene rings is 3. The van der Waals surface area contributed by atoms with Crippen molar-refractivity contribution in [2.45, 2.75) is 65.0 Å². The minimum atomic E-state index is -1.44. The summed E-state index contributed by atoms with van der Waals surface area (Å²) in [5, 5.41) is 11.8. The molecule has 0 saturated carbocycles. The predicted octanol–water partition coefficient (Wildman–Crippen LogP) is 7.40. The SMILES string of the molecule is C/C=C/C1=CN2C(=O)c3cc(OC)c(OCCCOc4cc5c(cc4OC)C(=O)N4C=C(/C=C/C)C[C@H]4[C@H](O)N5C(=O)OCc4ccc(C)cc4)cc3N=C[C@@H]2C1. The van der Waals surface area contributed by atoms with Crippen LogP contribution in [0.25, 0.3) is 0 Å². The molecule has 0 saturated heterocycles. The van der Waals surface area contributed by atoms with Gasteiger partial charge in [0.05, 0.1) is 62.0 Å². The van der Waals surface area contributed by atoms with Gasteiger partial charge < -0.3 is 38.6 Å². The number of hydrogen-bond acceptors (Lipinski definition) is 10. The number of aliphatic imine (C=N–C) groups is 1.